The van der Waals surface area contributed by atoms with E-state index in [1.54, 1.807) is 0 Å². The van der Waals surface area contributed by atoms with E-state index in [1.807, 2.05) is 17.4 Å². The summed E-state index contributed by atoms with van der Waals surface area (Å²) in [5.41, 5.74) is 9.68. The van der Waals surface area contributed by atoms with E-state index in [1.165, 1.54) is 52.7 Å². The summed E-state index contributed by atoms with van der Waals surface area (Å²) < 4.78 is 4.76. The standard InChI is InChI=1S/C52H33N5S/c1-3-15-32(16-4-1)48-40-29-30-45-47(46(40)39-23-7-10-26-42(39)53-48)41-25-14-24-36(49(41)58-45)34-19-13-20-35(31-34)51-54-50(33-17-5-2-6-18-33)55-52(56-51)57-43-27-11-8-21-37(43)38-22-9-12-28-44(38)57/h1-31,50H,(H,54,55,56). The lowest BCUT2D eigenvalue weighted by molar-refractivity contribution is 0.661. The van der Waals surface area contributed by atoms with E-state index >= 15 is 0 Å². The summed E-state index contributed by atoms with van der Waals surface area (Å²) in [4.78, 5) is 15.8. The number of nitrogens with zero attached hydrogens (tertiary/aromatic N) is 4. The molecule has 0 bridgehead atoms. The van der Waals surface area contributed by atoms with Crippen molar-refractivity contribution in [3.63, 3.8) is 0 Å². The quantitative estimate of drug-likeness (QED) is 0.182. The molecule has 12 rings (SSSR count). The van der Waals surface area contributed by atoms with Gasteiger partial charge in [0.25, 0.3) is 0 Å². The molecule has 6 heteroatoms. The van der Waals surface area contributed by atoms with Crippen molar-refractivity contribution in [1.29, 1.82) is 0 Å². The molecule has 1 aliphatic heterocycles. The Kier molecular flexibility index (Phi) is 7.40. The van der Waals surface area contributed by atoms with E-state index < -0.39 is 0 Å². The minimum absolute atomic E-state index is 0.323. The summed E-state index contributed by atoms with van der Waals surface area (Å²) in [6.07, 6.45) is -0.323. The topological polar surface area (TPSA) is 54.6 Å². The first-order valence-corrected chi connectivity index (χ1v) is 20.4. The van der Waals surface area contributed by atoms with E-state index in [2.05, 4.69) is 192 Å². The van der Waals surface area contributed by atoms with E-state index in [0.29, 0.717) is 5.84 Å². The molecular formula is C52H33N5S. The molecule has 5 nitrogen and oxygen atoms in total. The van der Waals surface area contributed by atoms with Crippen molar-refractivity contribution < 1.29 is 0 Å². The second-order valence-electron chi connectivity index (χ2n) is 14.8. The molecule has 1 unspecified atom stereocenters. The molecule has 1 aliphatic rings. The average molecular weight is 760 g/mol. The van der Waals surface area contributed by atoms with Crippen molar-refractivity contribution in [1.82, 2.24) is 14.9 Å². The number of thiophene rings is 1. The van der Waals surface area contributed by atoms with Crippen molar-refractivity contribution in [2.75, 3.05) is 0 Å². The Balaban J connectivity index is 1.04. The monoisotopic (exact) mass is 759 g/mol. The van der Waals surface area contributed by atoms with Gasteiger partial charge < -0.3 is 5.32 Å². The van der Waals surface area contributed by atoms with Gasteiger partial charge >= 0.3 is 0 Å². The Bertz CT molecular complexity index is 3440. The van der Waals surface area contributed by atoms with E-state index in [4.69, 9.17) is 15.0 Å². The Morgan fingerprint density at radius 1 is 0.500 bits per heavy atom. The van der Waals surface area contributed by atoms with Crippen LogP contribution in [0.3, 0.4) is 0 Å². The van der Waals surface area contributed by atoms with Crippen molar-refractivity contribution >= 4 is 86.8 Å². The highest BCUT2D eigenvalue weighted by atomic mass is 32.1. The van der Waals surface area contributed by atoms with Gasteiger partial charge in [0.1, 0.15) is 6.17 Å². The minimum atomic E-state index is -0.323. The third-order valence-electron chi connectivity index (χ3n) is 11.4. The number of benzene rings is 8. The molecule has 58 heavy (non-hydrogen) atoms. The molecule has 0 amide bonds. The second kappa shape index (κ2) is 13.1. The van der Waals surface area contributed by atoms with Gasteiger partial charge in [0.2, 0.25) is 5.96 Å². The van der Waals surface area contributed by atoms with Crippen LogP contribution < -0.4 is 5.32 Å². The molecule has 1 N–H and O–H groups in total. The predicted octanol–water partition coefficient (Wildman–Crippen LogP) is 13.2. The number of nitrogens with one attached hydrogen (secondary N) is 1. The van der Waals surface area contributed by atoms with Gasteiger partial charge in [0.05, 0.1) is 22.2 Å². The van der Waals surface area contributed by atoms with Crippen molar-refractivity contribution in [3.05, 3.63) is 199 Å². The van der Waals surface area contributed by atoms with Gasteiger partial charge in [-0.1, -0.05) is 158 Å². The van der Waals surface area contributed by atoms with Crippen LogP contribution in [-0.4, -0.2) is 21.3 Å². The number of hydrogen-bond acceptors (Lipinski definition) is 5. The van der Waals surface area contributed by atoms with Crippen molar-refractivity contribution in [2.24, 2.45) is 9.98 Å². The number of amidine groups is 1. The molecule has 0 spiro atoms. The maximum atomic E-state index is 5.31. The van der Waals surface area contributed by atoms with Crippen LogP contribution in [0.5, 0.6) is 0 Å². The maximum absolute atomic E-state index is 5.31. The summed E-state index contributed by atoms with van der Waals surface area (Å²) in [6, 6.07) is 66.6. The molecule has 0 radical (unpaired) electrons. The van der Waals surface area contributed by atoms with Crippen LogP contribution in [-0.2, 0) is 0 Å². The molecule has 272 valence electrons. The number of rotatable bonds is 4. The van der Waals surface area contributed by atoms with Crippen LogP contribution in [0.1, 0.15) is 17.3 Å². The van der Waals surface area contributed by atoms with Crippen molar-refractivity contribution in [2.45, 2.75) is 6.17 Å². The van der Waals surface area contributed by atoms with Crippen LogP contribution in [0.2, 0.25) is 0 Å². The molecule has 0 fully saturated rings. The summed E-state index contributed by atoms with van der Waals surface area (Å²) in [6.45, 7) is 0. The highest BCUT2D eigenvalue weighted by molar-refractivity contribution is 7.26. The highest BCUT2D eigenvalue weighted by Crippen LogP contribution is 2.46. The number of para-hydroxylation sites is 3. The smallest absolute Gasteiger partial charge is 0.211 e. The third-order valence-corrected chi connectivity index (χ3v) is 12.6. The number of aliphatic imine (C=N–C) groups is 2. The van der Waals surface area contributed by atoms with Crippen LogP contribution in [0.15, 0.2) is 198 Å². The molecule has 11 aromatic rings. The summed E-state index contributed by atoms with van der Waals surface area (Å²) in [5.74, 6) is 1.44. The first kappa shape index (κ1) is 32.8. The third kappa shape index (κ3) is 5.12. The molecular weight excluding hydrogens is 727 g/mol. The SMILES string of the molecule is c1ccc(-c2nc3ccccc3c3c2ccc2sc4c(-c5cccc(C6=NC(c7ccccc7)NC(n7c8ccccc8c8ccccc87)=N6)c5)cccc4c23)cc1. The number of fused-ring (bicyclic) bond motifs is 10. The fourth-order valence-electron chi connectivity index (χ4n) is 8.84. The van der Waals surface area contributed by atoms with Gasteiger partial charge in [-0.25, -0.2) is 9.98 Å². The lowest BCUT2D eigenvalue weighted by atomic mass is 9.95. The number of aromatic nitrogens is 2. The van der Waals surface area contributed by atoms with E-state index in [-0.39, 0.29) is 6.17 Å². The zero-order valence-electron chi connectivity index (χ0n) is 31.2. The van der Waals surface area contributed by atoms with E-state index in [9.17, 15) is 0 Å². The lowest BCUT2D eigenvalue weighted by Gasteiger charge is -2.25. The molecule has 0 aliphatic carbocycles. The van der Waals surface area contributed by atoms with Gasteiger partial charge in [-0.15, -0.1) is 11.3 Å². The Morgan fingerprint density at radius 2 is 1.14 bits per heavy atom. The highest BCUT2D eigenvalue weighted by Gasteiger charge is 2.25. The zero-order valence-corrected chi connectivity index (χ0v) is 32.0. The maximum Gasteiger partial charge on any atom is 0.211 e. The normalized spacial score (nSPS) is 14.4. The van der Waals surface area contributed by atoms with Crippen LogP contribution >= 0.6 is 11.3 Å². The molecule has 3 aromatic heterocycles. The Labute approximate surface area is 337 Å². The van der Waals surface area contributed by atoms with Crippen LogP contribution in [0.25, 0.3) is 86.0 Å². The first-order chi connectivity index (χ1) is 28.8. The van der Waals surface area contributed by atoms with Gasteiger partial charge in [-0.2, -0.15) is 4.99 Å². The Morgan fingerprint density at radius 3 is 1.93 bits per heavy atom. The van der Waals surface area contributed by atoms with Gasteiger partial charge in [-0.05, 0) is 47.0 Å². The van der Waals surface area contributed by atoms with Crippen LogP contribution in [0.4, 0.5) is 0 Å². The summed E-state index contributed by atoms with van der Waals surface area (Å²) in [5, 5.41) is 12.2. The number of pyridine rings is 1. The lowest BCUT2D eigenvalue weighted by Crippen LogP contribution is -2.37. The largest absolute Gasteiger partial charge is 0.330 e. The fraction of sp³-hybridized carbons (Fsp3) is 0.0192. The second-order valence-corrected chi connectivity index (χ2v) is 15.8. The average Bonchev–Trinajstić information content (AvgIpc) is 3.85. The molecule has 8 aromatic carbocycles. The molecule has 0 saturated carbocycles. The molecule has 4 heterocycles. The predicted molar refractivity (Wildman–Crippen MR) is 244 cm³/mol. The van der Waals surface area contributed by atoms with Crippen molar-refractivity contribution in [3.8, 4) is 22.4 Å². The van der Waals surface area contributed by atoms with Gasteiger partial charge in [0.15, 0.2) is 5.84 Å². The number of hydrogen-bond donors (Lipinski definition) is 1. The molecule has 1 atom stereocenters. The Hall–Kier alpha value is -7.41. The van der Waals surface area contributed by atoms with Gasteiger partial charge in [0, 0.05) is 58.2 Å². The van der Waals surface area contributed by atoms with E-state index in [0.717, 1.165) is 50.5 Å². The molecule has 0 saturated heterocycles. The van der Waals surface area contributed by atoms with Gasteiger partial charge in [-0.3, -0.25) is 4.57 Å². The summed E-state index contributed by atoms with van der Waals surface area (Å²) >= 11 is 1.86. The zero-order chi connectivity index (χ0) is 38.2. The first-order valence-electron chi connectivity index (χ1n) is 19.6. The summed E-state index contributed by atoms with van der Waals surface area (Å²) in [7, 11) is 0. The minimum Gasteiger partial charge on any atom is -0.330 e. The van der Waals surface area contributed by atoms with Crippen LogP contribution in [0, 0.1) is 0 Å². The fourth-order valence-corrected chi connectivity index (χ4v) is 10.1.